The van der Waals surface area contributed by atoms with Crippen molar-refractivity contribution in [3.05, 3.63) is 56.4 Å². The van der Waals surface area contributed by atoms with Crippen LogP contribution in [0.15, 0.2) is 21.3 Å². The van der Waals surface area contributed by atoms with Crippen LogP contribution in [0.4, 0.5) is 0 Å². The smallest absolute Gasteiger partial charge is 0.339 e. The molecule has 7 heteroatoms. The Morgan fingerprint density at radius 3 is 2.68 bits per heavy atom. The molecule has 2 aromatic heterocycles. The second-order valence-electron chi connectivity index (χ2n) is 6.25. The number of aromatic carboxylic acids is 1. The number of aryl methyl sites for hydroxylation is 3. The van der Waals surface area contributed by atoms with Gasteiger partial charge in [-0.25, -0.2) is 4.79 Å². The molecule has 0 aliphatic heterocycles. The molecule has 1 amide bonds. The van der Waals surface area contributed by atoms with Gasteiger partial charge in [-0.3, -0.25) is 9.59 Å². The van der Waals surface area contributed by atoms with Crippen molar-refractivity contribution in [2.24, 2.45) is 0 Å². The summed E-state index contributed by atoms with van der Waals surface area (Å²) in [6.45, 7) is 1.56. The maximum atomic E-state index is 12.3. The number of nitrogens with one attached hydrogen (secondary N) is 2. The third-order valence-electron chi connectivity index (χ3n) is 4.46. The number of carboxylic acid groups (broad SMARTS) is 1. The molecule has 3 rings (SSSR count). The lowest BCUT2D eigenvalue weighted by atomic mass is 10.1. The van der Waals surface area contributed by atoms with E-state index in [1.807, 2.05) is 0 Å². The molecule has 3 N–H and O–H groups in total. The molecule has 2 aromatic rings. The van der Waals surface area contributed by atoms with Crippen LogP contribution in [0.3, 0.4) is 0 Å². The van der Waals surface area contributed by atoms with Crippen LogP contribution in [0.5, 0.6) is 0 Å². The third kappa shape index (κ3) is 3.65. The standard InChI is InChI=1S/C18H20N2O5/c1-10-13(18(23)24)8-12(25-10)9-19-16(21)14-7-11-5-3-2-4-6-15(11)20-17(14)22/h7-8H,2-6,9H2,1H3,(H,19,21)(H,20,22)(H,23,24). The molecule has 0 fully saturated rings. The quantitative estimate of drug-likeness (QED) is 0.736. The summed E-state index contributed by atoms with van der Waals surface area (Å²) in [6, 6.07) is 3.05. The predicted molar refractivity (Wildman–Crippen MR) is 89.9 cm³/mol. The van der Waals surface area contributed by atoms with Crippen molar-refractivity contribution >= 4 is 11.9 Å². The molecule has 0 atom stereocenters. The zero-order valence-electron chi connectivity index (χ0n) is 14.0. The van der Waals surface area contributed by atoms with Crippen molar-refractivity contribution in [2.45, 2.75) is 45.6 Å². The van der Waals surface area contributed by atoms with Gasteiger partial charge in [0, 0.05) is 5.69 Å². The summed E-state index contributed by atoms with van der Waals surface area (Å²) >= 11 is 0. The lowest BCUT2D eigenvalue weighted by Gasteiger charge is -2.08. The van der Waals surface area contributed by atoms with Gasteiger partial charge >= 0.3 is 5.97 Å². The summed E-state index contributed by atoms with van der Waals surface area (Å²) in [4.78, 5) is 38.4. The Morgan fingerprint density at radius 1 is 1.20 bits per heavy atom. The predicted octanol–water partition coefficient (Wildman–Crippen LogP) is 2.17. The molecular weight excluding hydrogens is 324 g/mol. The molecule has 0 bridgehead atoms. The molecule has 1 aliphatic carbocycles. The summed E-state index contributed by atoms with van der Waals surface area (Å²) in [5.74, 6) is -0.977. The van der Waals surface area contributed by atoms with E-state index in [4.69, 9.17) is 9.52 Å². The van der Waals surface area contributed by atoms with Gasteiger partial charge in [0.05, 0.1) is 6.54 Å². The first-order valence-electron chi connectivity index (χ1n) is 8.31. The number of carbonyl (C=O) groups excluding carboxylic acids is 1. The molecule has 25 heavy (non-hydrogen) atoms. The van der Waals surface area contributed by atoms with Crippen molar-refractivity contribution in [2.75, 3.05) is 0 Å². The monoisotopic (exact) mass is 344 g/mol. The van der Waals surface area contributed by atoms with E-state index in [9.17, 15) is 14.4 Å². The van der Waals surface area contributed by atoms with Crippen molar-refractivity contribution in [1.82, 2.24) is 10.3 Å². The molecule has 1 aliphatic rings. The number of hydrogen-bond donors (Lipinski definition) is 3. The molecule has 0 saturated carbocycles. The molecule has 132 valence electrons. The fourth-order valence-corrected chi connectivity index (χ4v) is 3.13. The van der Waals surface area contributed by atoms with E-state index < -0.39 is 17.4 Å². The number of H-pyrrole nitrogens is 1. The molecule has 0 unspecified atom stereocenters. The van der Waals surface area contributed by atoms with Gasteiger partial charge in [-0.05, 0) is 50.3 Å². The zero-order valence-corrected chi connectivity index (χ0v) is 14.0. The second-order valence-corrected chi connectivity index (χ2v) is 6.25. The molecule has 0 radical (unpaired) electrons. The van der Waals surface area contributed by atoms with Crippen LogP contribution >= 0.6 is 0 Å². The van der Waals surface area contributed by atoms with Crippen LogP contribution in [-0.2, 0) is 19.4 Å². The number of amides is 1. The molecule has 0 spiro atoms. The summed E-state index contributed by atoms with van der Waals surface area (Å²) < 4.78 is 5.32. The Morgan fingerprint density at radius 2 is 1.96 bits per heavy atom. The fraction of sp³-hybridized carbons (Fsp3) is 0.389. The first-order chi connectivity index (χ1) is 12.0. The van der Waals surface area contributed by atoms with Crippen LogP contribution < -0.4 is 10.9 Å². The second kappa shape index (κ2) is 6.96. The van der Waals surface area contributed by atoms with Gasteiger partial charge in [0.1, 0.15) is 22.6 Å². The number of carboxylic acids is 1. The molecule has 2 heterocycles. The minimum absolute atomic E-state index is 0.0173. The van der Waals surface area contributed by atoms with Gasteiger partial charge in [-0.15, -0.1) is 0 Å². The van der Waals surface area contributed by atoms with Crippen LogP contribution in [0.1, 0.15) is 62.8 Å². The average molecular weight is 344 g/mol. The third-order valence-corrected chi connectivity index (χ3v) is 4.46. The lowest BCUT2D eigenvalue weighted by molar-refractivity contribution is 0.0694. The van der Waals surface area contributed by atoms with E-state index in [0.717, 1.165) is 43.4 Å². The van der Waals surface area contributed by atoms with Gasteiger partial charge < -0.3 is 19.8 Å². The number of aromatic amines is 1. The normalized spacial score (nSPS) is 13.8. The lowest BCUT2D eigenvalue weighted by Crippen LogP contribution is -2.30. The summed E-state index contributed by atoms with van der Waals surface area (Å²) in [5.41, 5.74) is 1.67. The Balaban J connectivity index is 1.75. The topological polar surface area (TPSA) is 112 Å². The average Bonchev–Trinajstić information content (AvgIpc) is 2.79. The van der Waals surface area contributed by atoms with Crippen LogP contribution in [0, 0.1) is 6.92 Å². The van der Waals surface area contributed by atoms with Gasteiger partial charge in [0.15, 0.2) is 0 Å². The molecule has 7 nitrogen and oxygen atoms in total. The number of pyridine rings is 1. The van der Waals surface area contributed by atoms with E-state index in [1.165, 1.54) is 6.07 Å². The zero-order chi connectivity index (χ0) is 18.0. The minimum atomic E-state index is -1.08. The Labute approximate surface area is 144 Å². The maximum absolute atomic E-state index is 12.3. The number of aromatic nitrogens is 1. The first-order valence-corrected chi connectivity index (χ1v) is 8.31. The maximum Gasteiger partial charge on any atom is 0.339 e. The Hall–Kier alpha value is -2.83. The first kappa shape index (κ1) is 17.0. The highest BCUT2D eigenvalue weighted by molar-refractivity contribution is 5.94. The SMILES string of the molecule is Cc1oc(CNC(=O)c2cc3c([nH]c2=O)CCCCC3)cc1C(=O)O. The highest BCUT2D eigenvalue weighted by Gasteiger charge is 2.18. The van der Waals surface area contributed by atoms with Gasteiger partial charge in [-0.1, -0.05) is 6.42 Å². The minimum Gasteiger partial charge on any atom is -0.478 e. The van der Waals surface area contributed by atoms with E-state index in [0.29, 0.717) is 5.76 Å². The van der Waals surface area contributed by atoms with Crippen molar-refractivity contribution in [1.29, 1.82) is 0 Å². The van der Waals surface area contributed by atoms with Crippen molar-refractivity contribution < 1.29 is 19.1 Å². The van der Waals surface area contributed by atoms with E-state index in [2.05, 4.69) is 10.3 Å². The van der Waals surface area contributed by atoms with Crippen molar-refractivity contribution in [3.63, 3.8) is 0 Å². The summed E-state index contributed by atoms with van der Waals surface area (Å²) in [7, 11) is 0. The molecule has 0 aromatic carbocycles. The number of carbonyl (C=O) groups is 2. The highest BCUT2D eigenvalue weighted by Crippen LogP contribution is 2.18. The Bertz CT molecular complexity index is 878. The van der Waals surface area contributed by atoms with Gasteiger partial charge in [0.2, 0.25) is 0 Å². The largest absolute Gasteiger partial charge is 0.478 e. The van der Waals surface area contributed by atoms with Gasteiger partial charge in [-0.2, -0.15) is 0 Å². The summed E-state index contributed by atoms with van der Waals surface area (Å²) in [6.07, 6.45) is 4.88. The number of hydrogen-bond acceptors (Lipinski definition) is 4. The molecule has 0 saturated heterocycles. The van der Waals surface area contributed by atoms with E-state index in [-0.39, 0.29) is 23.4 Å². The number of fused-ring (bicyclic) bond motifs is 1. The number of furan rings is 1. The van der Waals surface area contributed by atoms with Gasteiger partial charge in [0.25, 0.3) is 11.5 Å². The fourth-order valence-electron chi connectivity index (χ4n) is 3.13. The molecular formula is C18H20N2O5. The Kier molecular flexibility index (Phi) is 4.74. The van der Waals surface area contributed by atoms with Crippen LogP contribution in [0.2, 0.25) is 0 Å². The van der Waals surface area contributed by atoms with E-state index >= 15 is 0 Å². The van der Waals surface area contributed by atoms with E-state index in [1.54, 1.807) is 13.0 Å². The van der Waals surface area contributed by atoms with Crippen LogP contribution in [-0.4, -0.2) is 22.0 Å². The van der Waals surface area contributed by atoms with Crippen LogP contribution in [0.25, 0.3) is 0 Å². The highest BCUT2D eigenvalue weighted by atomic mass is 16.4. The van der Waals surface area contributed by atoms with Crippen molar-refractivity contribution in [3.8, 4) is 0 Å². The number of rotatable bonds is 4. The summed E-state index contributed by atoms with van der Waals surface area (Å²) in [5, 5.41) is 11.6.